The fourth-order valence-electron chi connectivity index (χ4n) is 4.17. The Labute approximate surface area is 162 Å². The average molecular weight is 367 g/mol. The maximum absolute atomic E-state index is 9.67. The summed E-state index contributed by atoms with van der Waals surface area (Å²) in [6.45, 7) is 10.5. The number of likely N-dealkylation sites (N-methyl/N-ethyl adjacent to an activating group) is 1. The van der Waals surface area contributed by atoms with E-state index in [1.807, 2.05) is 0 Å². The number of nitrogens with zero attached hydrogens (tertiary/aromatic N) is 2. The third kappa shape index (κ3) is 3.15. The van der Waals surface area contributed by atoms with Gasteiger partial charge in [-0.2, -0.15) is 5.26 Å². The summed E-state index contributed by atoms with van der Waals surface area (Å²) in [6.07, 6.45) is 0. The smallest absolute Gasteiger partial charge is 0.0995 e. The van der Waals surface area contributed by atoms with Crippen LogP contribution in [-0.4, -0.2) is 25.0 Å². The summed E-state index contributed by atoms with van der Waals surface area (Å²) in [7, 11) is 2.13. The third-order valence-corrected chi connectivity index (χ3v) is 5.90. The van der Waals surface area contributed by atoms with Gasteiger partial charge >= 0.3 is 0 Å². The van der Waals surface area contributed by atoms with Gasteiger partial charge in [-0.15, -0.1) is 0 Å². The molecule has 0 saturated carbocycles. The molecule has 136 valence electrons. The second kappa shape index (κ2) is 7.06. The molecule has 1 saturated heterocycles. The highest BCUT2D eigenvalue weighted by atomic mass is 35.5. The summed E-state index contributed by atoms with van der Waals surface area (Å²) in [4.78, 5) is 2.31. The van der Waals surface area contributed by atoms with Gasteiger partial charge < -0.3 is 4.90 Å². The summed E-state index contributed by atoms with van der Waals surface area (Å²) in [5, 5.41) is 10.4. The Kier molecular flexibility index (Phi) is 5.15. The molecule has 0 aliphatic carbocycles. The summed E-state index contributed by atoms with van der Waals surface area (Å²) in [5.41, 5.74) is 5.37. The highest BCUT2D eigenvalue weighted by Gasteiger charge is 2.44. The SMILES string of the molecule is CC(C)c1ccc(C2(c3cc(Cl)c(C(C)C)c(C#N)c3)CN(C)C2)cc1. The zero-order valence-electron chi connectivity index (χ0n) is 16.3. The van der Waals surface area contributed by atoms with Crippen LogP contribution in [0.3, 0.4) is 0 Å². The molecule has 0 unspecified atom stereocenters. The quantitative estimate of drug-likeness (QED) is 0.694. The van der Waals surface area contributed by atoms with Crippen molar-refractivity contribution in [2.75, 3.05) is 20.1 Å². The van der Waals surface area contributed by atoms with Crippen LogP contribution in [0.25, 0.3) is 0 Å². The van der Waals surface area contributed by atoms with Gasteiger partial charge in [-0.25, -0.2) is 0 Å². The van der Waals surface area contributed by atoms with Crippen molar-refractivity contribution in [1.82, 2.24) is 4.90 Å². The molecule has 0 radical (unpaired) electrons. The Morgan fingerprint density at radius 1 is 1.00 bits per heavy atom. The molecule has 2 nitrogen and oxygen atoms in total. The summed E-state index contributed by atoms with van der Waals surface area (Å²) in [6, 6.07) is 15.5. The molecule has 1 aliphatic rings. The molecule has 3 rings (SSSR count). The molecule has 0 atom stereocenters. The van der Waals surface area contributed by atoms with Gasteiger partial charge in [0.2, 0.25) is 0 Å². The van der Waals surface area contributed by atoms with Crippen LogP contribution in [-0.2, 0) is 5.41 Å². The van der Waals surface area contributed by atoms with Gasteiger partial charge in [-0.3, -0.25) is 0 Å². The van der Waals surface area contributed by atoms with E-state index in [0.717, 1.165) is 24.2 Å². The minimum absolute atomic E-state index is 0.0883. The Morgan fingerprint density at radius 2 is 1.62 bits per heavy atom. The molecule has 2 aromatic carbocycles. The number of rotatable bonds is 4. The zero-order chi connectivity index (χ0) is 19.1. The number of hydrogen-bond acceptors (Lipinski definition) is 2. The lowest BCUT2D eigenvalue weighted by atomic mass is 9.68. The molecule has 1 fully saturated rings. The molecular weight excluding hydrogens is 340 g/mol. The van der Waals surface area contributed by atoms with Gasteiger partial charge in [-0.05, 0) is 53.3 Å². The van der Waals surface area contributed by atoms with Crippen molar-refractivity contribution >= 4 is 11.6 Å². The zero-order valence-corrected chi connectivity index (χ0v) is 17.1. The van der Waals surface area contributed by atoms with Crippen LogP contribution < -0.4 is 0 Å². The van der Waals surface area contributed by atoms with Crippen LogP contribution in [0.4, 0.5) is 0 Å². The highest BCUT2D eigenvalue weighted by Crippen LogP contribution is 2.43. The van der Waals surface area contributed by atoms with Gasteiger partial charge in [0.15, 0.2) is 0 Å². The van der Waals surface area contributed by atoms with E-state index in [4.69, 9.17) is 11.6 Å². The fraction of sp³-hybridized carbons (Fsp3) is 0.435. The van der Waals surface area contributed by atoms with E-state index >= 15 is 0 Å². The summed E-state index contributed by atoms with van der Waals surface area (Å²) < 4.78 is 0. The van der Waals surface area contributed by atoms with E-state index in [9.17, 15) is 5.26 Å². The third-order valence-electron chi connectivity index (χ3n) is 5.59. The molecule has 0 N–H and O–H groups in total. The van der Waals surface area contributed by atoms with Gasteiger partial charge in [0, 0.05) is 23.5 Å². The molecule has 0 spiro atoms. The average Bonchev–Trinajstić information content (AvgIpc) is 2.57. The van der Waals surface area contributed by atoms with Crippen molar-refractivity contribution in [3.63, 3.8) is 0 Å². The molecular formula is C23H27ClN2. The largest absolute Gasteiger partial charge is 0.304 e. The van der Waals surface area contributed by atoms with E-state index in [2.05, 4.69) is 82.1 Å². The topological polar surface area (TPSA) is 27.0 Å². The minimum atomic E-state index is -0.0883. The van der Waals surface area contributed by atoms with Gasteiger partial charge in [-0.1, -0.05) is 63.6 Å². The van der Waals surface area contributed by atoms with Crippen molar-refractivity contribution in [3.8, 4) is 6.07 Å². The number of hydrogen-bond donors (Lipinski definition) is 0. The Hall–Kier alpha value is -1.82. The monoisotopic (exact) mass is 366 g/mol. The maximum Gasteiger partial charge on any atom is 0.0995 e. The lowest BCUT2D eigenvalue weighted by Gasteiger charge is -2.50. The van der Waals surface area contributed by atoms with Gasteiger partial charge in [0.25, 0.3) is 0 Å². The molecule has 2 aromatic rings. The molecule has 1 heterocycles. The predicted molar refractivity (Wildman–Crippen MR) is 109 cm³/mol. The lowest BCUT2D eigenvalue weighted by molar-refractivity contribution is 0.126. The fourth-order valence-corrected chi connectivity index (χ4v) is 4.61. The predicted octanol–water partition coefficient (Wildman–Crippen LogP) is 5.69. The van der Waals surface area contributed by atoms with Crippen LogP contribution in [0, 0.1) is 11.3 Å². The van der Waals surface area contributed by atoms with Gasteiger partial charge in [0.1, 0.15) is 0 Å². The second-order valence-electron chi connectivity index (χ2n) is 8.22. The van der Waals surface area contributed by atoms with E-state index in [0.29, 0.717) is 16.5 Å². The van der Waals surface area contributed by atoms with Crippen molar-refractivity contribution < 1.29 is 0 Å². The van der Waals surface area contributed by atoms with Crippen molar-refractivity contribution in [3.05, 3.63) is 69.2 Å². The first kappa shape index (κ1) is 19.0. The van der Waals surface area contributed by atoms with E-state index in [-0.39, 0.29) is 11.3 Å². The van der Waals surface area contributed by atoms with Crippen LogP contribution in [0.1, 0.15) is 67.3 Å². The van der Waals surface area contributed by atoms with Gasteiger partial charge in [0.05, 0.1) is 11.6 Å². The standard InChI is InChI=1S/C23H27ClN2/c1-15(2)17-6-8-19(9-7-17)23(13-26(5)14-23)20-10-18(12-25)22(16(3)4)21(24)11-20/h6-11,15-16H,13-14H2,1-5H3. The van der Waals surface area contributed by atoms with E-state index in [1.54, 1.807) is 0 Å². The Morgan fingerprint density at radius 3 is 2.08 bits per heavy atom. The van der Waals surface area contributed by atoms with Crippen LogP contribution in [0.15, 0.2) is 36.4 Å². The van der Waals surface area contributed by atoms with Crippen molar-refractivity contribution in [2.45, 2.75) is 44.9 Å². The Balaban J connectivity index is 2.11. The molecule has 1 aliphatic heterocycles. The normalized spacial score (nSPS) is 16.6. The molecule has 26 heavy (non-hydrogen) atoms. The summed E-state index contributed by atoms with van der Waals surface area (Å²) >= 11 is 6.62. The number of halogens is 1. The summed E-state index contributed by atoms with van der Waals surface area (Å²) in [5.74, 6) is 0.755. The number of nitriles is 1. The van der Waals surface area contributed by atoms with Crippen LogP contribution in [0.5, 0.6) is 0 Å². The molecule has 0 aromatic heterocycles. The maximum atomic E-state index is 9.67. The first-order valence-corrected chi connectivity index (χ1v) is 9.69. The van der Waals surface area contributed by atoms with E-state index < -0.39 is 0 Å². The lowest BCUT2D eigenvalue weighted by Crippen LogP contribution is -2.58. The van der Waals surface area contributed by atoms with E-state index in [1.165, 1.54) is 11.1 Å². The van der Waals surface area contributed by atoms with Crippen molar-refractivity contribution in [2.24, 2.45) is 0 Å². The molecule has 0 bridgehead atoms. The van der Waals surface area contributed by atoms with Crippen LogP contribution in [0.2, 0.25) is 5.02 Å². The molecule has 0 amide bonds. The first-order valence-electron chi connectivity index (χ1n) is 9.31. The molecule has 3 heteroatoms. The number of likely N-dealkylation sites (tertiary alicyclic amines) is 1. The van der Waals surface area contributed by atoms with Crippen molar-refractivity contribution in [1.29, 1.82) is 5.26 Å². The number of benzene rings is 2. The Bertz CT molecular complexity index is 838. The minimum Gasteiger partial charge on any atom is -0.304 e. The van der Waals surface area contributed by atoms with Crippen LogP contribution >= 0.6 is 11.6 Å². The highest BCUT2D eigenvalue weighted by molar-refractivity contribution is 6.31. The first-order chi connectivity index (χ1) is 12.3. The second-order valence-corrected chi connectivity index (χ2v) is 8.62.